The molecular weight excluding hydrogens is 542 g/mol. The Bertz CT molecular complexity index is 1590. The number of aromatic hydroxyl groups is 1. The largest absolute Gasteiger partial charge is 0.508 e. The summed E-state index contributed by atoms with van der Waals surface area (Å²) in [6, 6.07) is 3.96. The maximum atomic E-state index is 14.0. The zero-order chi connectivity index (χ0) is 30.7. The van der Waals surface area contributed by atoms with E-state index in [1.54, 1.807) is 38.5 Å². The standard InChI is InChI=1S/C31H33N3O8/c1-4-14-10-15(7-8-20(35)16-6-5-9-33-13-16)25(36)22-18(14)11-17-12-19-24(34(2)3)27(38)23(30(32)41)29(40)31(19,42)28(39)21(17)26(22)37/h5-6,9-10,13,17,19,24,36-37,40,42H,4,7-8,11-12H2,1-3H3,(H2,32,41)/t17?,19?,24-,31-/m0/s1. The average molecular weight is 576 g/mol. The fourth-order valence-corrected chi connectivity index (χ4v) is 6.88. The number of primary amides is 1. The van der Waals surface area contributed by atoms with E-state index in [9.17, 15) is 39.6 Å². The Morgan fingerprint density at radius 2 is 1.88 bits per heavy atom. The van der Waals surface area contributed by atoms with Gasteiger partial charge in [0.05, 0.1) is 11.6 Å². The Morgan fingerprint density at radius 3 is 2.48 bits per heavy atom. The van der Waals surface area contributed by atoms with Gasteiger partial charge in [0.2, 0.25) is 5.78 Å². The number of benzene rings is 1. The van der Waals surface area contributed by atoms with E-state index in [0.717, 1.165) is 5.56 Å². The van der Waals surface area contributed by atoms with E-state index in [4.69, 9.17) is 5.73 Å². The highest BCUT2D eigenvalue weighted by Crippen LogP contribution is 2.53. The van der Waals surface area contributed by atoms with Gasteiger partial charge in [0, 0.05) is 35.9 Å². The zero-order valence-electron chi connectivity index (χ0n) is 23.5. The van der Waals surface area contributed by atoms with Crippen molar-refractivity contribution < 1.29 is 39.6 Å². The summed E-state index contributed by atoms with van der Waals surface area (Å²) in [5.74, 6) is -7.04. The minimum absolute atomic E-state index is 0.0248. The number of fused-ring (bicyclic) bond motifs is 3. The lowest BCUT2D eigenvalue weighted by Gasteiger charge is -2.50. The van der Waals surface area contributed by atoms with E-state index in [2.05, 4.69) is 4.98 Å². The van der Waals surface area contributed by atoms with Gasteiger partial charge in [-0.1, -0.05) is 13.0 Å². The van der Waals surface area contributed by atoms with Crippen LogP contribution in [0.15, 0.2) is 47.5 Å². The third kappa shape index (κ3) is 4.23. The van der Waals surface area contributed by atoms with Gasteiger partial charge in [-0.2, -0.15) is 0 Å². The molecule has 2 unspecified atom stereocenters. The van der Waals surface area contributed by atoms with Gasteiger partial charge in [-0.15, -0.1) is 0 Å². The van der Waals surface area contributed by atoms with Gasteiger partial charge >= 0.3 is 0 Å². The van der Waals surface area contributed by atoms with Gasteiger partial charge < -0.3 is 26.2 Å². The van der Waals surface area contributed by atoms with Crippen molar-refractivity contribution in [2.45, 2.75) is 50.7 Å². The van der Waals surface area contributed by atoms with Crippen molar-refractivity contribution in [3.63, 3.8) is 0 Å². The number of aromatic nitrogens is 1. The lowest BCUT2D eigenvalue weighted by atomic mass is 9.57. The number of aliphatic hydroxyl groups is 3. The van der Waals surface area contributed by atoms with Gasteiger partial charge in [0.15, 0.2) is 17.2 Å². The Labute approximate surface area is 242 Å². The number of Topliss-reactive ketones (excluding diaryl/α,β-unsaturated/α-hetero) is 3. The van der Waals surface area contributed by atoms with Gasteiger partial charge in [0.25, 0.3) is 5.91 Å². The fourth-order valence-electron chi connectivity index (χ4n) is 6.88. The summed E-state index contributed by atoms with van der Waals surface area (Å²) in [7, 11) is 3.11. The minimum atomic E-state index is -2.69. The SMILES string of the molecule is CCc1cc(CCC(=O)c2cccnc2)c(O)c2c1CC1CC3[C@H](N(C)C)C(=O)C(C(N)=O)=C(O)[C@@]3(O)C(=O)C1=C2O. The van der Waals surface area contributed by atoms with Crippen molar-refractivity contribution in [3.05, 3.63) is 75.3 Å². The Morgan fingerprint density at radius 1 is 1.17 bits per heavy atom. The highest BCUT2D eigenvalue weighted by atomic mass is 16.3. The number of aliphatic hydroxyl groups excluding tert-OH is 2. The van der Waals surface area contributed by atoms with Crippen LogP contribution >= 0.6 is 0 Å². The molecule has 0 saturated heterocycles. The Kier molecular flexibility index (Phi) is 7.28. The number of hydrogen-bond acceptors (Lipinski definition) is 10. The van der Waals surface area contributed by atoms with Crippen LogP contribution in [0.5, 0.6) is 5.75 Å². The third-order valence-corrected chi connectivity index (χ3v) is 8.88. The summed E-state index contributed by atoms with van der Waals surface area (Å²) in [4.78, 5) is 57.5. The number of amides is 1. The summed E-state index contributed by atoms with van der Waals surface area (Å²) in [6.45, 7) is 1.91. The molecule has 11 heteroatoms. The van der Waals surface area contributed by atoms with Gasteiger partial charge in [-0.05, 0) is 74.5 Å². The number of ketones is 3. The van der Waals surface area contributed by atoms with Crippen LogP contribution in [0.4, 0.5) is 0 Å². The van der Waals surface area contributed by atoms with Crippen molar-refractivity contribution >= 4 is 29.0 Å². The Balaban J connectivity index is 1.62. The minimum Gasteiger partial charge on any atom is -0.508 e. The second-order valence-corrected chi connectivity index (χ2v) is 11.4. The number of nitrogens with zero attached hydrogens (tertiary/aromatic N) is 2. The molecule has 1 amide bonds. The molecule has 1 aromatic heterocycles. The maximum absolute atomic E-state index is 14.0. The molecule has 1 aromatic carbocycles. The fraction of sp³-hybridized carbons (Fsp3) is 0.387. The summed E-state index contributed by atoms with van der Waals surface area (Å²) < 4.78 is 0. The van der Waals surface area contributed by atoms with Gasteiger partial charge in [0.1, 0.15) is 22.8 Å². The van der Waals surface area contributed by atoms with E-state index >= 15 is 0 Å². The average Bonchev–Trinajstić information content (AvgIpc) is 2.94. The van der Waals surface area contributed by atoms with Gasteiger partial charge in [-0.25, -0.2) is 0 Å². The van der Waals surface area contributed by atoms with Crippen molar-refractivity contribution in [1.29, 1.82) is 0 Å². The summed E-state index contributed by atoms with van der Waals surface area (Å²) in [5, 5.41) is 45.6. The number of carbonyl (C=O) groups excluding carboxylic acids is 4. The van der Waals surface area contributed by atoms with Crippen LogP contribution in [0, 0.1) is 11.8 Å². The van der Waals surface area contributed by atoms with E-state index < -0.39 is 58.0 Å². The van der Waals surface area contributed by atoms with Crippen LogP contribution < -0.4 is 5.73 Å². The van der Waals surface area contributed by atoms with Crippen molar-refractivity contribution in [2.24, 2.45) is 17.6 Å². The van der Waals surface area contributed by atoms with Gasteiger partial charge in [-0.3, -0.25) is 29.1 Å². The molecule has 1 fully saturated rings. The van der Waals surface area contributed by atoms with Crippen molar-refractivity contribution in [1.82, 2.24) is 9.88 Å². The van der Waals surface area contributed by atoms with Crippen LogP contribution in [0.25, 0.3) is 5.76 Å². The number of nitrogens with two attached hydrogens (primary N) is 1. The van der Waals surface area contributed by atoms with Crippen LogP contribution in [0.2, 0.25) is 0 Å². The van der Waals surface area contributed by atoms with E-state index in [0.29, 0.717) is 23.1 Å². The normalized spacial score (nSPS) is 25.3. The molecule has 6 N–H and O–H groups in total. The molecule has 220 valence electrons. The predicted octanol–water partition coefficient (Wildman–Crippen LogP) is 1.74. The van der Waals surface area contributed by atoms with Crippen LogP contribution in [-0.4, -0.2) is 79.3 Å². The summed E-state index contributed by atoms with van der Waals surface area (Å²) in [5.41, 5.74) is 3.93. The second kappa shape index (κ2) is 10.5. The molecule has 0 bridgehead atoms. The molecule has 3 aliphatic rings. The number of phenolic OH excluding ortho intramolecular Hbond substituents is 1. The molecule has 0 radical (unpaired) electrons. The summed E-state index contributed by atoms with van der Waals surface area (Å²) in [6.07, 6.45) is 4.03. The first-order valence-corrected chi connectivity index (χ1v) is 13.8. The highest BCUT2D eigenvalue weighted by molar-refractivity contribution is 6.24. The molecule has 0 aliphatic heterocycles. The quantitative estimate of drug-likeness (QED) is 0.240. The molecule has 4 atom stereocenters. The van der Waals surface area contributed by atoms with Crippen LogP contribution in [0.3, 0.4) is 0 Å². The number of phenols is 1. The van der Waals surface area contributed by atoms with E-state index in [-0.39, 0.29) is 48.4 Å². The van der Waals surface area contributed by atoms with Crippen molar-refractivity contribution in [3.8, 4) is 5.75 Å². The molecular formula is C31H33N3O8. The highest BCUT2D eigenvalue weighted by Gasteiger charge is 2.64. The van der Waals surface area contributed by atoms with Crippen molar-refractivity contribution in [2.75, 3.05) is 14.1 Å². The van der Waals surface area contributed by atoms with Crippen LogP contribution in [0.1, 0.15) is 52.4 Å². The monoisotopic (exact) mass is 575 g/mol. The number of carbonyl (C=O) groups is 4. The smallest absolute Gasteiger partial charge is 0.255 e. The molecule has 11 nitrogen and oxygen atoms in total. The number of likely N-dealkylation sites (N-methyl/N-ethyl adjacent to an activating group) is 1. The maximum Gasteiger partial charge on any atom is 0.255 e. The molecule has 42 heavy (non-hydrogen) atoms. The first-order chi connectivity index (χ1) is 19.8. The summed E-state index contributed by atoms with van der Waals surface area (Å²) >= 11 is 0. The van der Waals surface area contributed by atoms with E-state index in [1.165, 1.54) is 11.1 Å². The number of hydrogen-bond donors (Lipinski definition) is 5. The predicted molar refractivity (Wildman–Crippen MR) is 151 cm³/mol. The molecule has 0 spiro atoms. The molecule has 2 aromatic rings. The number of rotatable bonds is 7. The lowest BCUT2D eigenvalue weighted by Crippen LogP contribution is -2.65. The molecule has 1 saturated carbocycles. The molecule has 1 heterocycles. The topological polar surface area (TPSA) is 191 Å². The first-order valence-electron chi connectivity index (χ1n) is 13.8. The zero-order valence-corrected chi connectivity index (χ0v) is 23.5. The number of aryl methyl sites for hydroxylation is 2. The molecule has 3 aliphatic carbocycles. The molecule has 5 rings (SSSR count). The lowest BCUT2D eigenvalue weighted by molar-refractivity contribution is -0.153. The van der Waals surface area contributed by atoms with Crippen LogP contribution in [-0.2, 0) is 33.6 Å². The second-order valence-electron chi connectivity index (χ2n) is 11.4. The number of pyridine rings is 1. The Hall–Kier alpha value is -4.35. The first kappa shape index (κ1) is 29.2. The van der Waals surface area contributed by atoms with E-state index in [1.807, 2.05) is 6.92 Å². The third-order valence-electron chi connectivity index (χ3n) is 8.88.